The van der Waals surface area contributed by atoms with Gasteiger partial charge in [-0.3, -0.25) is 24.5 Å². The monoisotopic (exact) mass is 456 g/mol. The maximum absolute atomic E-state index is 13.2. The zero-order valence-electron chi connectivity index (χ0n) is 15.0. The molecule has 1 saturated heterocycles. The lowest BCUT2D eigenvalue weighted by Crippen LogP contribution is -2.39. The summed E-state index contributed by atoms with van der Waals surface area (Å²) in [5.74, 6) is -2.78. The summed E-state index contributed by atoms with van der Waals surface area (Å²) >= 11 is 3.30. The second-order valence-electron chi connectivity index (χ2n) is 6.54. The second-order valence-corrected chi connectivity index (χ2v) is 7.46. The molecule has 2 atom stereocenters. The van der Waals surface area contributed by atoms with Crippen LogP contribution >= 0.6 is 15.9 Å². The average Bonchev–Trinajstić information content (AvgIpc) is 3.20. The molecule has 2 aromatic rings. The lowest BCUT2D eigenvalue weighted by Gasteiger charge is -2.21. The minimum Gasteiger partial charge on any atom is -0.293 e. The van der Waals surface area contributed by atoms with Crippen molar-refractivity contribution in [2.75, 3.05) is 9.91 Å². The van der Waals surface area contributed by atoms with Crippen molar-refractivity contribution >= 4 is 56.3 Å². The maximum atomic E-state index is 13.2. The first-order valence-corrected chi connectivity index (χ1v) is 9.36. The van der Waals surface area contributed by atoms with E-state index in [1.165, 1.54) is 25.1 Å². The van der Waals surface area contributed by atoms with Crippen molar-refractivity contribution in [2.24, 2.45) is 11.0 Å². The minimum atomic E-state index is -1.16. The number of Topliss-reactive ketones (excluding diaryl/α,β-unsaturated/α-hetero) is 1. The summed E-state index contributed by atoms with van der Waals surface area (Å²) in [7, 11) is 0. The average molecular weight is 457 g/mol. The van der Waals surface area contributed by atoms with Crippen LogP contribution in [0.15, 0.2) is 58.1 Å². The fourth-order valence-corrected chi connectivity index (χ4v) is 3.82. The molecule has 2 aliphatic rings. The smallest absolute Gasteiger partial charge is 0.293 e. The molecule has 4 rings (SSSR count). The first-order chi connectivity index (χ1) is 13.8. The largest absolute Gasteiger partial charge is 0.294 e. The summed E-state index contributed by atoms with van der Waals surface area (Å²) in [6.07, 6.45) is 0. The molecule has 2 heterocycles. The van der Waals surface area contributed by atoms with Gasteiger partial charge in [-0.05, 0) is 30.3 Å². The highest BCUT2D eigenvalue weighted by Crippen LogP contribution is 2.40. The van der Waals surface area contributed by atoms with E-state index in [9.17, 15) is 24.5 Å². The van der Waals surface area contributed by atoms with Gasteiger partial charge in [0, 0.05) is 17.5 Å². The van der Waals surface area contributed by atoms with E-state index in [1.54, 1.807) is 30.3 Å². The molecule has 2 aromatic carbocycles. The van der Waals surface area contributed by atoms with E-state index >= 15 is 0 Å². The third-order valence-corrected chi connectivity index (χ3v) is 5.35. The van der Waals surface area contributed by atoms with Crippen LogP contribution in [0.1, 0.15) is 6.92 Å². The van der Waals surface area contributed by atoms with Gasteiger partial charge in [0.05, 0.1) is 10.6 Å². The molecule has 1 fully saturated rings. The molecule has 9 nitrogen and oxygen atoms in total. The summed E-state index contributed by atoms with van der Waals surface area (Å²) < 4.78 is 0.771. The number of nitrogens with zero attached hydrogens (tertiary/aromatic N) is 4. The van der Waals surface area contributed by atoms with Gasteiger partial charge in [-0.25, -0.2) is 9.91 Å². The number of amides is 2. The third-order valence-electron chi connectivity index (χ3n) is 4.82. The summed E-state index contributed by atoms with van der Waals surface area (Å²) in [5, 5.41) is 16.7. The summed E-state index contributed by atoms with van der Waals surface area (Å²) in [6, 6.07) is 11.2. The molecule has 0 spiro atoms. The Morgan fingerprint density at radius 3 is 2.38 bits per heavy atom. The Balaban J connectivity index is 1.84. The molecule has 10 heteroatoms. The topological polar surface area (TPSA) is 113 Å². The van der Waals surface area contributed by atoms with Gasteiger partial charge in [0.25, 0.3) is 11.6 Å². The lowest BCUT2D eigenvalue weighted by molar-refractivity contribution is -0.384. The number of hydrogen-bond acceptors (Lipinski definition) is 7. The van der Waals surface area contributed by atoms with E-state index in [0.717, 1.165) is 14.4 Å². The third kappa shape index (κ3) is 2.92. The number of anilines is 2. The van der Waals surface area contributed by atoms with Crippen LogP contribution in [0.3, 0.4) is 0 Å². The standard InChI is InChI=1S/C19H13BrN4O5/c1-10(25)16-15-17(23(21-16)13-4-2-3-5-14(13)24(28)29)19(27)22(18(15)26)12-8-6-11(20)7-9-12/h2-9,15,17H,1H3/t15-,17+/m0/s1. The highest BCUT2D eigenvalue weighted by atomic mass is 79.9. The van der Waals surface area contributed by atoms with Crippen LogP contribution in [0, 0.1) is 16.0 Å². The highest BCUT2D eigenvalue weighted by Gasteiger charge is 2.58. The molecular weight excluding hydrogens is 444 g/mol. The van der Waals surface area contributed by atoms with Gasteiger partial charge < -0.3 is 0 Å². The Labute approximate surface area is 172 Å². The van der Waals surface area contributed by atoms with E-state index in [0.29, 0.717) is 5.69 Å². The Morgan fingerprint density at radius 2 is 1.76 bits per heavy atom. The van der Waals surface area contributed by atoms with E-state index in [1.807, 2.05) is 0 Å². The zero-order chi connectivity index (χ0) is 20.9. The number of halogens is 1. The van der Waals surface area contributed by atoms with Gasteiger partial charge in [-0.1, -0.05) is 28.1 Å². The zero-order valence-corrected chi connectivity index (χ0v) is 16.6. The number of carbonyl (C=O) groups excluding carboxylic acids is 3. The van der Waals surface area contributed by atoms with Gasteiger partial charge in [-0.2, -0.15) is 5.10 Å². The van der Waals surface area contributed by atoms with Gasteiger partial charge in [-0.15, -0.1) is 0 Å². The van der Waals surface area contributed by atoms with Gasteiger partial charge >= 0.3 is 0 Å². The SMILES string of the molecule is CC(=O)C1=NN(c2ccccc2[N+](=O)[O-])[C@H]2C(=O)N(c3ccc(Br)cc3)C(=O)[C@@H]12. The van der Waals surface area contributed by atoms with Crippen molar-refractivity contribution in [1.82, 2.24) is 0 Å². The van der Waals surface area contributed by atoms with Crippen molar-refractivity contribution in [3.63, 3.8) is 0 Å². The van der Waals surface area contributed by atoms with E-state index in [-0.39, 0.29) is 17.1 Å². The Hall–Kier alpha value is -3.40. The van der Waals surface area contributed by atoms with Crippen molar-refractivity contribution in [1.29, 1.82) is 0 Å². The Kier molecular flexibility index (Phi) is 4.50. The number of benzene rings is 2. The van der Waals surface area contributed by atoms with Crippen LogP contribution in [0.4, 0.5) is 17.1 Å². The molecule has 146 valence electrons. The Morgan fingerprint density at radius 1 is 1.10 bits per heavy atom. The quantitative estimate of drug-likeness (QED) is 0.396. The lowest BCUT2D eigenvalue weighted by atomic mass is 9.95. The van der Waals surface area contributed by atoms with Crippen molar-refractivity contribution in [2.45, 2.75) is 13.0 Å². The van der Waals surface area contributed by atoms with Gasteiger partial charge in [0.1, 0.15) is 23.4 Å². The number of para-hydroxylation sites is 2. The normalized spacial score (nSPS) is 20.7. The van der Waals surface area contributed by atoms with Crippen LogP contribution < -0.4 is 9.91 Å². The number of nitro benzene ring substituents is 1. The first-order valence-electron chi connectivity index (χ1n) is 8.56. The molecule has 0 unspecified atom stereocenters. The predicted octanol–water partition coefficient (Wildman–Crippen LogP) is 2.68. The van der Waals surface area contributed by atoms with Crippen molar-refractivity contribution in [3.05, 3.63) is 63.1 Å². The van der Waals surface area contributed by atoms with Crippen molar-refractivity contribution < 1.29 is 19.3 Å². The number of hydrazone groups is 1. The van der Waals surface area contributed by atoms with Gasteiger partial charge in [0.2, 0.25) is 5.91 Å². The predicted molar refractivity (Wildman–Crippen MR) is 108 cm³/mol. The summed E-state index contributed by atoms with van der Waals surface area (Å²) in [6.45, 7) is 1.25. The van der Waals surface area contributed by atoms with E-state index in [2.05, 4.69) is 21.0 Å². The van der Waals surface area contributed by atoms with E-state index < -0.39 is 34.5 Å². The summed E-state index contributed by atoms with van der Waals surface area (Å²) in [4.78, 5) is 50.3. The minimum absolute atomic E-state index is 0.0440. The molecule has 2 aliphatic heterocycles. The fourth-order valence-electron chi connectivity index (χ4n) is 3.56. The number of ketones is 1. The number of fused-ring (bicyclic) bond motifs is 1. The van der Waals surface area contributed by atoms with Crippen LogP contribution in [0.5, 0.6) is 0 Å². The molecule has 0 N–H and O–H groups in total. The first kappa shape index (κ1) is 18.9. The molecule has 0 aliphatic carbocycles. The van der Waals surface area contributed by atoms with E-state index in [4.69, 9.17) is 0 Å². The number of carbonyl (C=O) groups is 3. The Bertz CT molecular complexity index is 1100. The van der Waals surface area contributed by atoms with Crippen LogP contribution in [0.25, 0.3) is 0 Å². The molecule has 29 heavy (non-hydrogen) atoms. The van der Waals surface area contributed by atoms with Crippen LogP contribution in [-0.2, 0) is 14.4 Å². The number of hydrogen-bond donors (Lipinski definition) is 0. The molecular formula is C19H13BrN4O5. The fraction of sp³-hybridized carbons (Fsp3) is 0.158. The van der Waals surface area contributed by atoms with Crippen molar-refractivity contribution in [3.8, 4) is 0 Å². The molecule has 2 amide bonds. The van der Waals surface area contributed by atoms with Crippen LogP contribution in [0.2, 0.25) is 0 Å². The maximum Gasteiger partial charge on any atom is 0.294 e. The summed E-state index contributed by atoms with van der Waals surface area (Å²) in [5.41, 5.74) is 0.0267. The number of nitro groups is 1. The number of rotatable bonds is 4. The second kappa shape index (κ2) is 6.89. The molecule has 0 radical (unpaired) electrons. The molecule has 0 aromatic heterocycles. The van der Waals surface area contributed by atoms with Crippen LogP contribution in [-0.4, -0.2) is 34.3 Å². The molecule has 0 bridgehead atoms. The number of imide groups is 1. The molecule has 0 saturated carbocycles. The highest BCUT2D eigenvalue weighted by molar-refractivity contribution is 9.10. The van der Waals surface area contributed by atoms with Gasteiger partial charge in [0.15, 0.2) is 5.78 Å².